The number of fused-ring (bicyclic) bond motifs is 2. The number of aromatic hydroxyl groups is 1. The lowest BCUT2D eigenvalue weighted by Gasteiger charge is -2.12. The van der Waals surface area contributed by atoms with Crippen molar-refractivity contribution < 1.29 is 28.2 Å². The molecule has 4 heterocycles. The predicted octanol–water partition coefficient (Wildman–Crippen LogP) is 8.11. The van der Waals surface area contributed by atoms with Crippen molar-refractivity contribution in [1.29, 1.82) is 0 Å². The second-order valence-electron chi connectivity index (χ2n) is 12.2. The van der Waals surface area contributed by atoms with Crippen LogP contribution in [0.3, 0.4) is 0 Å². The Morgan fingerprint density at radius 3 is 1.62 bits per heavy atom. The summed E-state index contributed by atoms with van der Waals surface area (Å²) in [6, 6.07) is 27.8. The third kappa shape index (κ3) is 9.63. The molecule has 0 fully saturated rings. The van der Waals surface area contributed by atoms with Crippen LogP contribution in [0.1, 0.15) is 50.5 Å². The Hall–Kier alpha value is -5.86. The number of aromatic nitrogens is 4. The first-order valence-corrected chi connectivity index (χ1v) is 18.4. The van der Waals surface area contributed by atoms with Crippen molar-refractivity contribution in [2.75, 3.05) is 0 Å². The summed E-state index contributed by atoms with van der Waals surface area (Å²) in [5.41, 5.74) is 1.70. The van der Waals surface area contributed by atoms with Crippen LogP contribution in [0.4, 0.5) is 8.78 Å². The molecule has 0 atom stereocenters. The number of aryl methyl sites for hydroxylation is 2. The van der Waals surface area contributed by atoms with Crippen molar-refractivity contribution in [3.63, 3.8) is 0 Å². The summed E-state index contributed by atoms with van der Waals surface area (Å²) in [5.74, 6) is -2.19. The van der Waals surface area contributed by atoms with Gasteiger partial charge < -0.3 is 9.84 Å². The fraction of sp³-hybridized carbons (Fsp3) is 0.122. The minimum absolute atomic E-state index is 0.00497. The van der Waals surface area contributed by atoms with E-state index in [1.807, 2.05) is 30.3 Å². The number of ether oxygens (including phenoxy) is 1. The molecule has 0 bridgehead atoms. The Labute approximate surface area is 329 Å². The third-order valence-corrected chi connectivity index (χ3v) is 9.31. The van der Waals surface area contributed by atoms with Gasteiger partial charge in [-0.3, -0.25) is 28.0 Å². The minimum atomic E-state index is -0.702. The molecule has 0 aliphatic carbocycles. The van der Waals surface area contributed by atoms with Crippen LogP contribution in [0.2, 0.25) is 0 Å². The molecule has 10 nitrogen and oxygen atoms in total. The Bertz CT molecular complexity index is 2640. The van der Waals surface area contributed by atoms with Crippen LogP contribution in [-0.4, -0.2) is 35.4 Å². The maximum atomic E-state index is 13.1. The number of ketones is 2. The van der Waals surface area contributed by atoms with E-state index in [0.29, 0.717) is 27.4 Å². The number of halogens is 4. The van der Waals surface area contributed by atoms with Gasteiger partial charge in [-0.15, -0.1) is 0 Å². The lowest BCUT2D eigenvalue weighted by Crippen LogP contribution is -2.22. The van der Waals surface area contributed by atoms with Crippen molar-refractivity contribution in [2.24, 2.45) is 0 Å². The Morgan fingerprint density at radius 1 is 0.618 bits per heavy atom. The third-order valence-electron chi connectivity index (χ3n) is 8.37. The first-order valence-electron chi connectivity index (χ1n) is 16.8. The summed E-state index contributed by atoms with van der Waals surface area (Å²) >= 11 is 6.58. The van der Waals surface area contributed by atoms with E-state index in [1.165, 1.54) is 34.9 Å². The molecule has 14 heteroatoms. The molecule has 7 rings (SSSR count). The molecule has 0 amide bonds. The molecule has 0 unspecified atom stereocenters. The van der Waals surface area contributed by atoms with E-state index in [2.05, 4.69) is 41.8 Å². The van der Waals surface area contributed by atoms with Gasteiger partial charge in [-0.1, -0.05) is 54.6 Å². The van der Waals surface area contributed by atoms with Gasteiger partial charge in [-0.2, -0.15) is 0 Å². The van der Waals surface area contributed by atoms with Crippen molar-refractivity contribution >= 4 is 54.7 Å². The molecule has 3 aromatic carbocycles. The second kappa shape index (κ2) is 17.5. The van der Waals surface area contributed by atoms with E-state index >= 15 is 0 Å². The SMILES string of the molecule is O=C(CCc1ccc(F)cc1)c1nc2ccc(Br)cn2c(=O)c1O.O=C(CCc1ccc(F)cc1)c1nc2ccc(Br)cn2c(=O)c1OCc1ccccc1. The van der Waals surface area contributed by atoms with Crippen LogP contribution < -0.4 is 15.9 Å². The molecule has 1 N–H and O–H groups in total. The number of hydrogen-bond acceptors (Lipinski definition) is 8. The zero-order chi connectivity index (χ0) is 39.1. The molecular weight excluding hydrogens is 842 g/mol. The van der Waals surface area contributed by atoms with E-state index in [9.17, 15) is 33.1 Å². The number of nitrogens with zero attached hydrogens (tertiary/aromatic N) is 4. The summed E-state index contributed by atoms with van der Waals surface area (Å²) in [5, 5.41) is 10.0. The smallest absolute Gasteiger partial charge is 0.301 e. The number of carbonyl (C=O) groups excluding carboxylic acids is 2. The zero-order valence-electron chi connectivity index (χ0n) is 28.8. The Morgan fingerprint density at radius 2 is 1.09 bits per heavy atom. The van der Waals surface area contributed by atoms with Gasteiger partial charge in [0.1, 0.15) is 29.5 Å². The highest BCUT2D eigenvalue weighted by Gasteiger charge is 2.22. The van der Waals surface area contributed by atoms with Crippen molar-refractivity contribution in [3.8, 4) is 11.5 Å². The van der Waals surface area contributed by atoms with E-state index < -0.39 is 22.7 Å². The molecule has 0 aliphatic heterocycles. The quantitative estimate of drug-likeness (QED) is 0.129. The molecule has 7 aromatic rings. The monoisotopic (exact) mass is 870 g/mol. The number of hydrogen-bond donors (Lipinski definition) is 1. The molecule has 0 radical (unpaired) electrons. The van der Waals surface area contributed by atoms with Gasteiger partial charge in [-0.05, 0) is 110 Å². The summed E-state index contributed by atoms with van der Waals surface area (Å²) < 4.78 is 35.7. The summed E-state index contributed by atoms with van der Waals surface area (Å²) in [6.45, 7) is 0.135. The van der Waals surface area contributed by atoms with Crippen molar-refractivity contribution in [3.05, 3.63) is 185 Å². The fourth-order valence-corrected chi connectivity index (χ4v) is 6.17. The molecule has 55 heavy (non-hydrogen) atoms. The summed E-state index contributed by atoms with van der Waals surface area (Å²) in [4.78, 5) is 59.1. The van der Waals surface area contributed by atoms with Crippen LogP contribution in [0.25, 0.3) is 11.3 Å². The maximum absolute atomic E-state index is 13.1. The molecule has 0 spiro atoms. The van der Waals surface area contributed by atoms with Crippen LogP contribution in [-0.2, 0) is 19.4 Å². The normalized spacial score (nSPS) is 10.9. The van der Waals surface area contributed by atoms with Crippen LogP contribution >= 0.6 is 31.9 Å². The lowest BCUT2D eigenvalue weighted by molar-refractivity contribution is 0.0965. The van der Waals surface area contributed by atoms with E-state index in [0.717, 1.165) is 21.1 Å². The molecule has 4 aromatic heterocycles. The lowest BCUT2D eigenvalue weighted by atomic mass is 10.1. The number of carbonyl (C=O) groups is 2. The highest BCUT2D eigenvalue weighted by molar-refractivity contribution is 9.10. The topological polar surface area (TPSA) is 132 Å². The van der Waals surface area contributed by atoms with Gasteiger partial charge in [0.05, 0.1) is 0 Å². The van der Waals surface area contributed by atoms with E-state index in [1.54, 1.807) is 54.7 Å². The van der Waals surface area contributed by atoms with Gasteiger partial charge in [-0.25, -0.2) is 18.7 Å². The van der Waals surface area contributed by atoms with Crippen LogP contribution in [0.5, 0.6) is 11.5 Å². The first kappa shape index (κ1) is 38.9. The summed E-state index contributed by atoms with van der Waals surface area (Å²) in [7, 11) is 0. The fourth-order valence-electron chi connectivity index (χ4n) is 5.50. The van der Waals surface area contributed by atoms with Crippen molar-refractivity contribution in [2.45, 2.75) is 32.3 Å². The second-order valence-corrected chi connectivity index (χ2v) is 14.1. The standard InChI is InChI=1S/C24H18BrFN2O3.C17H12BrFN2O3/c25-18-9-13-21-27-22(20(29)12-8-16-6-10-19(26)11-7-16)23(24(30)28(21)14-18)31-15-17-4-2-1-3-5-17;18-11-4-8-14-20-15(16(23)17(24)21(14)9-11)13(22)7-3-10-1-5-12(19)6-2-10/h1-7,9-11,13-14H,8,12,15H2;1-2,4-6,8-9,23H,3,7H2. The first-order chi connectivity index (χ1) is 26.5. The average Bonchev–Trinajstić information content (AvgIpc) is 3.19. The van der Waals surface area contributed by atoms with Crippen LogP contribution in [0.15, 0.2) is 134 Å². The average molecular weight is 873 g/mol. The van der Waals surface area contributed by atoms with E-state index in [-0.39, 0.29) is 59.7 Å². The maximum Gasteiger partial charge on any atom is 0.301 e. The van der Waals surface area contributed by atoms with Crippen molar-refractivity contribution in [1.82, 2.24) is 18.8 Å². The number of rotatable bonds is 11. The molecule has 0 aliphatic rings. The van der Waals surface area contributed by atoms with Gasteiger partial charge in [0.15, 0.2) is 23.0 Å². The van der Waals surface area contributed by atoms with Gasteiger partial charge in [0, 0.05) is 34.2 Å². The predicted molar refractivity (Wildman–Crippen MR) is 209 cm³/mol. The van der Waals surface area contributed by atoms with Crippen LogP contribution in [0, 0.1) is 11.6 Å². The van der Waals surface area contributed by atoms with Gasteiger partial charge in [0.25, 0.3) is 0 Å². The Balaban J connectivity index is 0.000000193. The number of pyridine rings is 2. The molecular formula is C41H30Br2F2N4O6. The minimum Gasteiger partial charge on any atom is -0.501 e. The largest absolute Gasteiger partial charge is 0.501 e. The molecule has 0 saturated heterocycles. The molecule has 0 saturated carbocycles. The van der Waals surface area contributed by atoms with Gasteiger partial charge in [0.2, 0.25) is 11.5 Å². The van der Waals surface area contributed by atoms with Gasteiger partial charge >= 0.3 is 11.1 Å². The molecule has 278 valence electrons. The highest BCUT2D eigenvalue weighted by atomic mass is 79.9. The number of benzene rings is 3. The Kier molecular flexibility index (Phi) is 12.4. The highest BCUT2D eigenvalue weighted by Crippen LogP contribution is 2.20. The summed E-state index contributed by atoms with van der Waals surface area (Å²) in [6.07, 6.45) is 3.99. The number of Topliss-reactive ketones (excluding diaryl/α,β-unsaturated/α-hetero) is 2. The van der Waals surface area contributed by atoms with E-state index in [4.69, 9.17) is 4.74 Å². The zero-order valence-corrected chi connectivity index (χ0v) is 32.0.